The Morgan fingerprint density at radius 1 is 1.24 bits per heavy atom. The zero-order valence-corrected chi connectivity index (χ0v) is 14.0. The van der Waals surface area contributed by atoms with Gasteiger partial charge in [0.05, 0.1) is 5.69 Å². The highest BCUT2D eigenvalue weighted by molar-refractivity contribution is 7.89. The molecule has 1 N–H and O–H groups in total. The van der Waals surface area contributed by atoms with E-state index in [1.54, 1.807) is 16.4 Å². The van der Waals surface area contributed by atoms with Gasteiger partial charge in [-0.05, 0) is 44.2 Å². The molecule has 4 nitrogen and oxygen atoms in total. The van der Waals surface area contributed by atoms with E-state index in [-0.39, 0.29) is 6.04 Å². The lowest BCUT2D eigenvalue weighted by Crippen LogP contribution is -2.44. The molecule has 1 heterocycles. The van der Waals surface area contributed by atoms with Crippen LogP contribution >= 0.6 is 0 Å². The number of hydrogen-bond donors (Lipinski definition) is 1. The van der Waals surface area contributed by atoms with Crippen molar-refractivity contribution in [3.05, 3.63) is 24.3 Å². The summed E-state index contributed by atoms with van der Waals surface area (Å²) in [5.74, 6) is 0.423. The average Bonchev–Trinajstić information content (AvgIpc) is 2.47. The Morgan fingerprint density at radius 2 is 1.95 bits per heavy atom. The van der Waals surface area contributed by atoms with E-state index in [0.717, 1.165) is 25.8 Å². The minimum atomic E-state index is -3.43. The number of nitrogens with zero attached hydrogens (tertiary/aromatic N) is 1. The minimum Gasteiger partial charge on any atom is -0.384 e. The molecular formula is C16H26N2O2S. The van der Waals surface area contributed by atoms with Crippen LogP contribution in [0.1, 0.15) is 40.0 Å². The third-order valence-corrected chi connectivity index (χ3v) is 6.14. The van der Waals surface area contributed by atoms with Crippen molar-refractivity contribution in [3.63, 3.8) is 0 Å². The average molecular weight is 310 g/mol. The van der Waals surface area contributed by atoms with Crippen molar-refractivity contribution in [2.75, 3.05) is 18.4 Å². The first-order valence-corrected chi connectivity index (χ1v) is 9.25. The molecule has 0 bridgehead atoms. The third kappa shape index (κ3) is 3.58. The molecule has 0 radical (unpaired) electrons. The van der Waals surface area contributed by atoms with Gasteiger partial charge in [0.2, 0.25) is 10.0 Å². The quantitative estimate of drug-likeness (QED) is 0.907. The van der Waals surface area contributed by atoms with E-state index >= 15 is 0 Å². The van der Waals surface area contributed by atoms with Gasteiger partial charge in [0, 0.05) is 19.1 Å². The Bertz CT molecular complexity index is 571. The Labute approximate surface area is 128 Å². The predicted octanol–water partition coefficient (Wildman–Crippen LogP) is 3.32. The Morgan fingerprint density at radius 3 is 2.67 bits per heavy atom. The summed E-state index contributed by atoms with van der Waals surface area (Å²) < 4.78 is 27.7. The van der Waals surface area contributed by atoms with E-state index in [2.05, 4.69) is 19.2 Å². The number of anilines is 1. The van der Waals surface area contributed by atoms with Crippen LogP contribution in [0.2, 0.25) is 0 Å². The van der Waals surface area contributed by atoms with Gasteiger partial charge >= 0.3 is 0 Å². The summed E-state index contributed by atoms with van der Waals surface area (Å²) in [6, 6.07) is 7.30. The van der Waals surface area contributed by atoms with Gasteiger partial charge in [0.25, 0.3) is 0 Å². The summed E-state index contributed by atoms with van der Waals surface area (Å²) in [7, 11) is -3.43. The summed E-state index contributed by atoms with van der Waals surface area (Å²) in [5, 5.41) is 3.23. The summed E-state index contributed by atoms with van der Waals surface area (Å²) in [5.41, 5.74) is 0.713. The van der Waals surface area contributed by atoms with E-state index in [1.807, 2.05) is 19.1 Å². The molecule has 1 aliphatic rings. The normalized spacial score (nSPS) is 24.0. The van der Waals surface area contributed by atoms with Crippen molar-refractivity contribution in [3.8, 4) is 0 Å². The third-order valence-electron chi connectivity index (χ3n) is 4.10. The maximum atomic E-state index is 13.0. The SMILES string of the molecule is CCCNc1ccccc1S(=O)(=O)N1CC(C)CCC1C. The van der Waals surface area contributed by atoms with Crippen molar-refractivity contribution in [2.45, 2.75) is 51.0 Å². The smallest absolute Gasteiger partial charge is 0.245 e. The Hall–Kier alpha value is -1.07. The van der Waals surface area contributed by atoms with Crippen molar-refractivity contribution >= 4 is 15.7 Å². The highest BCUT2D eigenvalue weighted by Crippen LogP contribution is 2.31. The van der Waals surface area contributed by atoms with Gasteiger partial charge in [-0.15, -0.1) is 0 Å². The topological polar surface area (TPSA) is 49.4 Å². The molecule has 5 heteroatoms. The van der Waals surface area contributed by atoms with Crippen LogP contribution < -0.4 is 5.32 Å². The lowest BCUT2D eigenvalue weighted by atomic mass is 9.97. The van der Waals surface area contributed by atoms with E-state index in [1.165, 1.54) is 0 Å². The van der Waals surface area contributed by atoms with Gasteiger partial charge in [0.15, 0.2) is 0 Å². The fourth-order valence-electron chi connectivity index (χ4n) is 2.81. The largest absolute Gasteiger partial charge is 0.384 e. The molecule has 1 saturated heterocycles. The van der Waals surface area contributed by atoms with E-state index in [0.29, 0.717) is 23.0 Å². The van der Waals surface area contributed by atoms with Crippen LogP contribution in [0.3, 0.4) is 0 Å². The van der Waals surface area contributed by atoms with Gasteiger partial charge < -0.3 is 5.32 Å². The number of nitrogens with one attached hydrogen (secondary N) is 1. The molecule has 1 aliphatic heterocycles. The van der Waals surface area contributed by atoms with Crippen LogP contribution in [0, 0.1) is 5.92 Å². The second kappa shape index (κ2) is 6.79. The molecule has 118 valence electrons. The van der Waals surface area contributed by atoms with E-state index < -0.39 is 10.0 Å². The van der Waals surface area contributed by atoms with Crippen LogP contribution in [-0.4, -0.2) is 31.9 Å². The van der Waals surface area contributed by atoms with Crippen molar-refractivity contribution < 1.29 is 8.42 Å². The molecule has 21 heavy (non-hydrogen) atoms. The predicted molar refractivity (Wildman–Crippen MR) is 87.0 cm³/mol. The summed E-state index contributed by atoms with van der Waals surface area (Å²) in [6.07, 6.45) is 3.00. The second-order valence-electron chi connectivity index (χ2n) is 6.03. The highest BCUT2D eigenvalue weighted by Gasteiger charge is 2.34. The van der Waals surface area contributed by atoms with Gasteiger partial charge in [0.1, 0.15) is 4.90 Å². The fourth-order valence-corrected chi connectivity index (χ4v) is 4.76. The zero-order valence-electron chi connectivity index (χ0n) is 13.2. The van der Waals surface area contributed by atoms with Crippen molar-refractivity contribution in [1.82, 2.24) is 4.31 Å². The first-order valence-electron chi connectivity index (χ1n) is 7.81. The number of piperidine rings is 1. The van der Waals surface area contributed by atoms with Crippen LogP contribution in [0.4, 0.5) is 5.69 Å². The second-order valence-corrected chi connectivity index (χ2v) is 7.89. The molecule has 1 aromatic carbocycles. The molecule has 2 atom stereocenters. The summed E-state index contributed by atoms with van der Waals surface area (Å²) in [4.78, 5) is 0.402. The lowest BCUT2D eigenvalue weighted by molar-refractivity contribution is 0.218. The fraction of sp³-hybridized carbons (Fsp3) is 0.625. The molecular weight excluding hydrogens is 284 g/mol. The maximum Gasteiger partial charge on any atom is 0.245 e. The zero-order chi connectivity index (χ0) is 15.5. The molecule has 1 fully saturated rings. The van der Waals surface area contributed by atoms with Crippen LogP contribution in [-0.2, 0) is 10.0 Å². The van der Waals surface area contributed by atoms with Crippen LogP contribution in [0.25, 0.3) is 0 Å². The van der Waals surface area contributed by atoms with Gasteiger partial charge in [-0.3, -0.25) is 0 Å². The highest BCUT2D eigenvalue weighted by atomic mass is 32.2. The molecule has 0 aromatic heterocycles. The van der Waals surface area contributed by atoms with Crippen LogP contribution in [0.15, 0.2) is 29.2 Å². The molecule has 2 unspecified atom stereocenters. The monoisotopic (exact) mass is 310 g/mol. The Kier molecular flexibility index (Phi) is 5.27. The first-order chi connectivity index (χ1) is 9.96. The number of para-hydroxylation sites is 1. The molecule has 0 spiro atoms. The molecule has 0 amide bonds. The molecule has 0 saturated carbocycles. The lowest BCUT2D eigenvalue weighted by Gasteiger charge is -2.36. The number of sulfonamides is 1. The minimum absolute atomic E-state index is 0.0745. The van der Waals surface area contributed by atoms with Gasteiger partial charge in [-0.1, -0.05) is 26.0 Å². The van der Waals surface area contributed by atoms with Gasteiger partial charge in [-0.2, -0.15) is 4.31 Å². The molecule has 2 rings (SSSR count). The maximum absolute atomic E-state index is 13.0. The number of rotatable bonds is 5. The van der Waals surface area contributed by atoms with Crippen LogP contribution in [0.5, 0.6) is 0 Å². The van der Waals surface area contributed by atoms with E-state index in [4.69, 9.17) is 0 Å². The molecule has 1 aromatic rings. The number of benzene rings is 1. The van der Waals surface area contributed by atoms with E-state index in [9.17, 15) is 8.42 Å². The summed E-state index contributed by atoms with van der Waals surface area (Å²) in [6.45, 7) is 7.59. The number of hydrogen-bond acceptors (Lipinski definition) is 3. The molecule has 0 aliphatic carbocycles. The van der Waals surface area contributed by atoms with Gasteiger partial charge in [-0.25, -0.2) is 8.42 Å². The first kappa shape index (κ1) is 16.3. The Balaban J connectivity index is 2.34. The summed E-state index contributed by atoms with van der Waals surface area (Å²) >= 11 is 0. The standard InChI is InChI=1S/C16H26N2O2S/c1-4-11-17-15-7-5-6-8-16(15)21(19,20)18-12-13(2)9-10-14(18)3/h5-8,13-14,17H,4,9-12H2,1-3H3. The van der Waals surface area contributed by atoms with Crippen molar-refractivity contribution in [1.29, 1.82) is 0 Å². The van der Waals surface area contributed by atoms with Crippen molar-refractivity contribution in [2.24, 2.45) is 5.92 Å².